The van der Waals surface area contributed by atoms with Gasteiger partial charge in [-0.15, -0.1) is 12.4 Å². The average Bonchev–Trinajstić information content (AvgIpc) is 2.39. The number of nitrogens with one attached hydrogen (secondary N) is 1. The Balaban J connectivity index is 0.00000324. The first-order chi connectivity index (χ1) is 8.69. The number of methoxy groups -OCH3 is 2. The van der Waals surface area contributed by atoms with Gasteiger partial charge in [-0.2, -0.15) is 0 Å². The van der Waals surface area contributed by atoms with Crippen molar-refractivity contribution in [3.05, 3.63) is 29.8 Å². The lowest BCUT2D eigenvalue weighted by Gasteiger charge is -2.12. The van der Waals surface area contributed by atoms with Crippen molar-refractivity contribution in [1.29, 1.82) is 0 Å². The average molecular weight is 289 g/mol. The molecule has 1 amide bonds. The summed E-state index contributed by atoms with van der Waals surface area (Å²) in [5.74, 6) is 0.625. The molecular formula is C13H21ClN2O3. The maximum Gasteiger partial charge on any atom is 0.239 e. The zero-order valence-corrected chi connectivity index (χ0v) is 12.0. The van der Waals surface area contributed by atoms with Crippen LogP contribution < -0.4 is 15.8 Å². The molecule has 0 radical (unpaired) electrons. The van der Waals surface area contributed by atoms with Crippen molar-refractivity contribution < 1.29 is 14.3 Å². The molecule has 0 saturated carbocycles. The van der Waals surface area contributed by atoms with Gasteiger partial charge < -0.3 is 20.5 Å². The van der Waals surface area contributed by atoms with Crippen molar-refractivity contribution >= 4 is 18.3 Å². The molecule has 0 heterocycles. The molecule has 3 N–H and O–H groups in total. The van der Waals surface area contributed by atoms with E-state index in [1.165, 1.54) is 7.11 Å². The Hall–Kier alpha value is -1.30. The van der Waals surface area contributed by atoms with Gasteiger partial charge in [-0.3, -0.25) is 4.79 Å². The number of benzene rings is 1. The minimum absolute atomic E-state index is 0. The summed E-state index contributed by atoms with van der Waals surface area (Å²) in [5, 5.41) is 2.77. The summed E-state index contributed by atoms with van der Waals surface area (Å²) in [6.07, 6.45) is 0.704. The van der Waals surface area contributed by atoms with E-state index in [4.69, 9.17) is 15.2 Å². The monoisotopic (exact) mass is 288 g/mol. The second-order valence-corrected chi connectivity index (χ2v) is 3.91. The van der Waals surface area contributed by atoms with Gasteiger partial charge in [0.2, 0.25) is 5.91 Å². The van der Waals surface area contributed by atoms with Crippen LogP contribution in [0.5, 0.6) is 5.75 Å². The van der Waals surface area contributed by atoms with Gasteiger partial charge in [-0.05, 0) is 18.1 Å². The SMILES string of the molecule is COCC(N)C(=O)NCCc1ccccc1OC.Cl. The Morgan fingerprint density at radius 3 is 2.68 bits per heavy atom. The zero-order chi connectivity index (χ0) is 13.4. The van der Waals surface area contributed by atoms with E-state index in [-0.39, 0.29) is 24.9 Å². The van der Waals surface area contributed by atoms with Crippen LogP contribution in [0.25, 0.3) is 0 Å². The van der Waals surface area contributed by atoms with Crippen molar-refractivity contribution in [1.82, 2.24) is 5.32 Å². The first-order valence-corrected chi connectivity index (χ1v) is 5.83. The van der Waals surface area contributed by atoms with Crippen molar-refractivity contribution in [3.8, 4) is 5.75 Å². The lowest BCUT2D eigenvalue weighted by Crippen LogP contribution is -2.44. The zero-order valence-electron chi connectivity index (χ0n) is 11.2. The van der Waals surface area contributed by atoms with Crippen LogP contribution in [0.2, 0.25) is 0 Å². The Morgan fingerprint density at radius 2 is 2.05 bits per heavy atom. The number of rotatable bonds is 7. The van der Waals surface area contributed by atoms with Crippen molar-refractivity contribution in [3.63, 3.8) is 0 Å². The number of halogens is 1. The first kappa shape index (κ1) is 17.7. The second kappa shape index (κ2) is 9.61. The highest BCUT2D eigenvalue weighted by Crippen LogP contribution is 2.17. The summed E-state index contributed by atoms with van der Waals surface area (Å²) >= 11 is 0. The maximum atomic E-state index is 11.5. The Labute approximate surface area is 119 Å². The summed E-state index contributed by atoms with van der Waals surface area (Å²) in [7, 11) is 3.15. The third kappa shape index (κ3) is 5.92. The molecule has 108 valence electrons. The van der Waals surface area contributed by atoms with E-state index in [1.54, 1.807) is 7.11 Å². The van der Waals surface area contributed by atoms with Gasteiger partial charge in [-0.1, -0.05) is 18.2 Å². The first-order valence-electron chi connectivity index (χ1n) is 5.83. The number of amides is 1. The molecule has 19 heavy (non-hydrogen) atoms. The molecule has 0 saturated heterocycles. The summed E-state index contributed by atoms with van der Waals surface area (Å²) in [6.45, 7) is 0.747. The highest BCUT2D eigenvalue weighted by molar-refractivity contribution is 5.85. The Bertz CT molecular complexity index is 388. The smallest absolute Gasteiger partial charge is 0.239 e. The van der Waals surface area contributed by atoms with Crippen LogP contribution in [0.1, 0.15) is 5.56 Å². The topological polar surface area (TPSA) is 73.6 Å². The van der Waals surface area contributed by atoms with Crippen molar-refractivity contribution in [2.75, 3.05) is 27.4 Å². The highest BCUT2D eigenvalue weighted by atomic mass is 35.5. The molecule has 0 aromatic heterocycles. The van der Waals surface area contributed by atoms with Gasteiger partial charge in [0.25, 0.3) is 0 Å². The number of carbonyl (C=O) groups is 1. The fourth-order valence-electron chi connectivity index (χ4n) is 1.62. The third-order valence-corrected chi connectivity index (χ3v) is 2.57. The molecule has 0 aliphatic carbocycles. The molecule has 1 aromatic carbocycles. The number of ether oxygens (including phenoxy) is 2. The molecule has 0 spiro atoms. The predicted octanol–water partition coefficient (Wildman–Crippen LogP) is 0.749. The van der Waals surface area contributed by atoms with Crippen LogP contribution in [0.15, 0.2) is 24.3 Å². The Morgan fingerprint density at radius 1 is 1.37 bits per heavy atom. The van der Waals surface area contributed by atoms with Gasteiger partial charge in [-0.25, -0.2) is 0 Å². The van der Waals surface area contributed by atoms with Gasteiger partial charge in [0, 0.05) is 13.7 Å². The van der Waals surface area contributed by atoms with Crippen molar-refractivity contribution in [2.24, 2.45) is 5.73 Å². The fourth-order valence-corrected chi connectivity index (χ4v) is 1.62. The fraction of sp³-hybridized carbons (Fsp3) is 0.462. The molecule has 1 atom stereocenters. The highest BCUT2D eigenvalue weighted by Gasteiger charge is 2.12. The quantitative estimate of drug-likeness (QED) is 0.776. The molecule has 0 aliphatic heterocycles. The van der Waals surface area contributed by atoms with Gasteiger partial charge >= 0.3 is 0 Å². The van der Waals surface area contributed by atoms with Crippen LogP contribution in [0, 0.1) is 0 Å². The molecule has 0 bridgehead atoms. The van der Waals surface area contributed by atoms with Crippen LogP contribution >= 0.6 is 12.4 Å². The van der Waals surface area contributed by atoms with E-state index in [1.807, 2.05) is 24.3 Å². The predicted molar refractivity (Wildman–Crippen MR) is 76.8 cm³/mol. The van der Waals surface area contributed by atoms with E-state index in [0.717, 1.165) is 11.3 Å². The summed E-state index contributed by atoms with van der Waals surface area (Å²) in [5.41, 5.74) is 6.66. The van der Waals surface area contributed by atoms with E-state index in [2.05, 4.69) is 5.32 Å². The molecule has 1 rings (SSSR count). The van der Waals surface area contributed by atoms with Gasteiger partial charge in [0.1, 0.15) is 11.8 Å². The van der Waals surface area contributed by atoms with E-state index in [9.17, 15) is 4.79 Å². The molecular weight excluding hydrogens is 268 g/mol. The summed E-state index contributed by atoms with van der Waals surface area (Å²) < 4.78 is 10.1. The number of hydrogen-bond donors (Lipinski definition) is 2. The molecule has 1 aromatic rings. The molecule has 6 heteroatoms. The summed E-state index contributed by atoms with van der Waals surface area (Å²) in [4.78, 5) is 11.5. The standard InChI is InChI=1S/C13H20N2O3.ClH/c1-17-9-11(14)13(16)15-8-7-10-5-3-4-6-12(10)18-2;/h3-6,11H,7-9,14H2,1-2H3,(H,15,16);1H. The van der Waals surface area contributed by atoms with Crippen LogP contribution in [0.3, 0.4) is 0 Å². The van der Waals surface area contributed by atoms with E-state index in [0.29, 0.717) is 13.0 Å². The summed E-state index contributed by atoms with van der Waals surface area (Å²) in [6, 6.07) is 7.10. The second-order valence-electron chi connectivity index (χ2n) is 3.91. The number of carbonyl (C=O) groups excluding carboxylic acids is 1. The molecule has 5 nitrogen and oxygen atoms in total. The number of hydrogen-bond acceptors (Lipinski definition) is 4. The lowest BCUT2D eigenvalue weighted by molar-refractivity contribution is -0.123. The molecule has 0 fully saturated rings. The van der Waals surface area contributed by atoms with E-state index >= 15 is 0 Å². The maximum absolute atomic E-state index is 11.5. The van der Waals surface area contributed by atoms with Gasteiger partial charge in [0.15, 0.2) is 0 Å². The van der Waals surface area contributed by atoms with Crippen LogP contribution in [-0.2, 0) is 16.0 Å². The molecule has 1 unspecified atom stereocenters. The van der Waals surface area contributed by atoms with Crippen molar-refractivity contribution in [2.45, 2.75) is 12.5 Å². The minimum atomic E-state index is -0.618. The number of para-hydroxylation sites is 1. The van der Waals surface area contributed by atoms with Gasteiger partial charge in [0.05, 0.1) is 13.7 Å². The Kier molecular flexibility index (Phi) is 8.95. The van der Waals surface area contributed by atoms with Crippen LogP contribution in [-0.4, -0.2) is 39.3 Å². The normalized spacial score (nSPS) is 11.3. The minimum Gasteiger partial charge on any atom is -0.496 e. The lowest BCUT2D eigenvalue weighted by atomic mass is 10.1. The molecule has 0 aliphatic rings. The van der Waals surface area contributed by atoms with E-state index < -0.39 is 6.04 Å². The van der Waals surface area contributed by atoms with Crippen LogP contribution in [0.4, 0.5) is 0 Å². The number of nitrogens with two attached hydrogens (primary N) is 1. The largest absolute Gasteiger partial charge is 0.496 e. The third-order valence-electron chi connectivity index (χ3n) is 2.57.